The molecule has 3 rings (SSSR count). The Balaban J connectivity index is 1.82. The Morgan fingerprint density at radius 3 is 2.12 bits per heavy atom. The topological polar surface area (TPSA) is 57.6 Å². The number of likely N-dealkylation sites (tertiary alicyclic amines) is 1. The molecule has 2 aromatic carbocycles. The normalized spacial score (nSPS) is 19.6. The van der Waals surface area contributed by atoms with Crippen molar-refractivity contribution in [2.24, 2.45) is 5.92 Å². The molecule has 0 saturated carbocycles. The number of aliphatic carboxylic acids is 1. The lowest BCUT2D eigenvalue weighted by molar-refractivity contribution is -0.142. The molecule has 0 aliphatic carbocycles. The molecule has 0 aromatic heterocycles. The molecule has 1 aliphatic heterocycles. The second-order valence-corrected chi connectivity index (χ2v) is 6.30. The van der Waals surface area contributed by atoms with Crippen LogP contribution >= 0.6 is 0 Å². The zero-order valence-corrected chi connectivity index (χ0v) is 13.9. The molecule has 0 bridgehead atoms. The van der Waals surface area contributed by atoms with Crippen molar-refractivity contribution in [2.75, 3.05) is 6.54 Å². The van der Waals surface area contributed by atoms with Gasteiger partial charge in [-0.1, -0.05) is 12.1 Å². The summed E-state index contributed by atoms with van der Waals surface area (Å²) in [6.07, 6.45) is 0.397. The molecule has 0 radical (unpaired) electrons. The predicted molar refractivity (Wildman–Crippen MR) is 88.0 cm³/mol. The van der Waals surface area contributed by atoms with E-state index in [1.807, 2.05) is 0 Å². The number of carbonyl (C=O) groups excluding carboxylic acids is 1. The second kappa shape index (κ2) is 6.82. The Bertz CT molecular complexity index is 844. The van der Waals surface area contributed by atoms with Crippen LogP contribution < -0.4 is 0 Å². The third-order valence-corrected chi connectivity index (χ3v) is 4.78. The number of nitrogens with zero attached hydrogens (tertiary/aromatic N) is 1. The number of amides is 1. The van der Waals surface area contributed by atoms with Crippen LogP contribution in [0.2, 0.25) is 0 Å². The van der Waals surface area contributed by atoms with Crippen LogP contribution in [0, 0.1) is 23.4 Å². The molecular formula is C19H16F3NO3. The van der Waals surface area contributed by atoms with Gasteiger partial charge in [-0.2, -0.15) is 0 Å². The lowest BCUT2D eigenvalue weighted by Gasteiger charge is -2.23. The summed E-state index contributed by atoms with van der Waals surface area (Å²) in [7, 11) is 0. The molecule has 1 N–H and O–H groups in total. The lowest BCUT2D eigenvalue weighted by Crippen LogP contribution is -2.37. The second-order valence-electron chi connectivity index (χ2n) is 6.30. The highest BCUT2D eigenvalue weighted by molar-refractivity contribution is 5.95. The van der Waals surface area contributed by atoms with E-state index in [1.165, 1.54) is 29.2 Å². The molecule has 7 heteroatoms. The van der Waals surface area contributed by atoms with Gasteiger partial charge in [-0.3, -0.25) is 9.59 Å². The van der Waals surface area contributed by atoms with Gasteiger partial charge >= 0.3 is 5.97 Å². The molecule has 26 heavy (non-hydrogen) atoms. The molecule has 1 saturated heterocycles. The van der Waals surface area contributed by atoms with Gasteiger partial charge in [0.15, 0.2) is 17.5 Å². The maximum Gasteiger partial charge on any atom is 0.308 e. The Hall–Kier alpha value is -2.83. The first-order valence-corrected chi connectivity index (χ1v) is 8.08. The quantitative estimate of drug-likeness (QED) is 0.846. The predicted octanol–water partition coefficient (Wildman–Crippen LogP) is 3.71. The van der Waals surface area contributed by atoms with Crippen LogP contribution in [0.15, 0.2) is 36.4 Å². The van der Waals surface area contributed by atoms with E-state index >= 15 is 0 Å². The molecule has 136 valence electrons. The van der Waals surface area contributed by atoms with Crippen molar-refractivity contribution in [2.45, 2.75) is 19.4 Å². The molecule has 0 spiro atoms. The monoisotopic (exact) mass is 363 g/mol. The van der Waals surface area contributed by atoms with Crippen LogP contribution in [-0.2, 0) is 4.79 Å². The van der Waals surface area contributed by atoms with Gasteiger partial charge in [0.1, 0.15) is 0 Å². The summed E-state index contributed by atoms with van der Waals surface area (Å²) in [4.78, 5) is 25.3. The maximum atomic E-state index is 13.4. The first-order chi connectivity index (χ1) is 12.3. The maximum absolute atomic E-state index is 13.4. The summed E-state index contributed by atoms with van der Waals surface area (Å²) < 4.78 is 39.8. The number of benzene rings is 2. The van der Waals surface area contributed by atoms with E-state index in [4.69, 9.17) is 5.11 Å². The minimum absolute atomic E-state index is 0.154. The zero-order valence-electron chi connectivity index (χ0n) is 13.9. The highest BCUT2D eigenvalue weighted by Gasteiger charge is 2.38. The molecule has 2 aromatic rings. The van der Waals surface area contributed by atoms with Crippen molar-refractivity contribution in [1.29, 1.82) is 0 Å². The molecule has 1 aliphatic rings. The number of carboxylic acid groups (broad SMARTS) is 1. The minimum Gasteiger partial charge on any atom is -0.481 e. The fourth-order valence-corrected chi connectivity index (χ4v) is 3.25. The van der Waals surface area contributed by atoms with E-state index in [9.17, 15) is 22.8 Å². The summed E-state index contributed by atoms with van der Waals surface area (Å²) in [6, 6.07) is 7.36. The highest BCUT2D eigenvalue weighted by atomic mass is 19.2. The Labute approximate surface area is 147 Å². The number of rotatable bonds is 3. The lowest BCUT2D eigenvalue weighted by atomic mass is 10.0. The van der Waals surface area contributed by atoms with Gasteiger partial charge in [0.25, 0.3) is 5.91 Å². The van der Waals surface area contributed by atoms with Crippen LogP contribution in [0.4, 0.5) is 13.2 Å². The van der Waals surface area contributed by atoms with Crippen LogP contribution in [0.3, 0.4) is 0 Å². The van der Waals surface area contributed by atoms with Gasteiger partial charge in [-0.15, -0.1) is 0 Å². The summed E-state index contributed by atoms with van der Waals surface area (Å²) >= 11 is 0. The van der Waals surface area contributed by atoms with Gasteiger partial charge < -0.3 is 10.0 Å². The standard InChI is InChI=1S/C19H16F3NO3/c1-10-14(19(25)26)6-7-23(10)18(24)12-4-2-11(3-5-12)13-8-15(20)17(22)16(21)9-13/h2-5,8-10,14H,6-7H2,1H3,(H,25,26). The van der Waals surface area contributed by atoms with Gasteiger partial charge in [-0.25, -0.2) is 13.2 Å². The van der Waals surface area contributed by atoms with Gasteiger partial charge in [0, 0.05) is 18.2 Å². The average molecular weight is 363 g/mol. The molecule has 1 amide bonds. The van der Waals surface area contributed by atoms with Crippen molar-refractivity contribution in [3.05, 3.63) is 59.4 Å². The summed E-state index contributed by atoms with van der Waals surface area (Å²) in [5.41, 5.74) is 0.924. The van der Waals surface area contributed by atoms with E-state index in [0.29, 0.717) is 24.1 Å². The Morgan fingerprint density at radius 1 is 1.04 bits per heavy atom. The zero-order chi connectivity index (χ0) is 19.0. The molecule has 4 nitrogen and oxygen atoms in total. The SMILES string of the molecule is CC1C(C(=O)O)CCN1C(=O)c1ccc(-c2cc(F)c(F)c(F)c2)cc1. The van der Waals surface area contributed by atoms with Crippen LogP contribution in [0.1, 0.15) is 23.7 Å². The van der Waals surface area contributed by atoms with Crippen LogP contribution in [0.5, 0.6) is 0 Å². The number of hydrogen-bond donors (Lipinski definition) is 1. The minimum atomic E-state index is -1.53. The number of carbonyl (C=O) groups is 2. The largest absolute Gasteiger partial charge is 0.481 e. The number of hydrogen-bond acceptors (Lipinski definition) is 2. The van der Waals surface area contributed by atoms with E-state index in [2.05, 4.69) is 0 Å². The third-order valence-electron chi connectivity index (χ3n) is 4.78. The molecule has 1 heterocycles. The van der Waals surface area contributed by atoms with Crippen LogP contribution in [0.25, 0.3) is 11.1 Å². The van der Waals surface area contributed by atoms with E-state index in [1.54, 1.807) is 6.92 Å². The average Bonchev–Trinajstić information content (AvgIpc) is 3.00. The first kappa shape index (κ1) is 18.0. The van der Waals surface area contributed by atoms with Gasteiger partial charge in [-0.05, 0) is 48.7 Å². The van der Waals surface area contributed by atoms with Crippen molar-refractivity contribution in [3.8, 4) is 11.1 Å². The Kier molecular flexibility index (Phi) is 4.71. The van der Waals surface area contributed by atoms with Crippen LogP contribution in [-0.4, -0.2) is 34.5 Å². The Morgan fingerprint density at radius 2 is 1.62 bits per heavy atom. The molecule has 2 unspecified atom stereocenters. The summed E-state index contributed by atoms with van der Waals surface area (Å²) in [5, 5.41) is 9.15. The fraction of sp³-hybridized carbons (Fsp3) is 0.263. The highest BCUT2D eigenvalue weighted by Crippen LogP contribution is 2.28. The van der Waals surface area contributed by atoms with E-state index < -0.39 is 35.4 Å². The number of halogens is 3. The third kappa shape index (κ3) is 3.16. The molecule has 1 fully saturated rings. The smallest absolute Gasteiger partial charge is 0.308 e. The van der Waals surface area contributed by atoms with E-state index in [-0.39, 0.29) is 11.5 Å². The number of carboxylic acids is 1. The summed E-state index contributed by atoms with van der Waals surface area (Å²) in [5.74, 6) is -5.93. The van der Waals surface area contributed by atoms with Crippen molar-refractivity contribution in [3.63, 3.8) is 0 Å². The summed E-state index contributed by atoms with van der Waals surface area (Å²) in [6.45, 7) is 2.05. The van der Waals surface area contributed by atoms with E-state index in [0.717, 1.165) is 12.1 Å². The van der Waals surface area contributed by atoms with Gasteiger partial charge in [0.05, 0.1) is 5.92 Å². The molecular weight excluding hydrogens is 347 g/mol. The van der Waals surface area contributed by atoms with Gasteiger partial charge in [0.2, 0.25) is 0 Å². The van der Waals surface area contributed by atoms with Crippen molar-refractivity contribution < 1.29 is 27.9 Å². The fourth-order valence-electron chi connectivity index (χ4n) is 3.25. The van der Waals surface area contributed by atoms with Crippen molar-refractivity contribution in [1.82, 2.24) is 4.90 Å². The van der Waals surface area contributed by atoms with Crippen molar-refractivity contribution >= 4 is 11.9 Å². The first-order valence-electron chi connectivity index (χ1n) is 8.08. The molecule has 2 atom stereocenters.